The molecule has 7 aromatic carbocycles. The monoisotopic (exact) mass is 536 g/mol. The molecule has 0 aliphatic carbocycles. The van der Waals surface area contributed by atoms with E-state index in [-0.39, 0.29) is 0 Å². The van der Waals surface area contributed by atoms with E-state index in [1.165, 1.54) is 54.9 Å². The fourth-order valence-electron chi connectivity index (χ4n) is 6.73. The Morgan fingerprint density at radius 3 is 1.69 bits per heavy atom. The summed E-state index contributed by atoms with van der Waals surface area (Å²) in [4.78, 5) is 0. The van der Waals surface area contributed by atoms with Gasteiger partial charge >= 0.3 is 0 Å². The van der Waals surface area contributed by atoms with Crippen molar-refractivity contribution in [1.82, 2.24) is 0 Å². The summed E-state index contributed by atoms with van der Waals surface area (Å²) in [6, 6.07) is 49.7. The van der Waals surface area contributed by atoms with E-state index >= 15 is 0 Å². The van der Waals surface area contributed by atoms with Crippen LogP contribution in [-0.2, 0) is 0 Å². The maximum Gasteiger partial charge on any atom is 0.146 e. The molecule has 2 aromatic heterocycles. The second-order valence-corrected chi connectivity index (χ2v) is 10.8. The zero-order chi connectivity index (χ0) is 27.6. The normalized spacial score (nSPS) is 11.8. The van der Waals surface area contributed by atoms with Crippen LogP contribution in [0.3, 0.4) is 0 Å². The molecule has 0 bridgehead atoms. The molecule has 196 valence electrons. The van der Waals surface area contributed by atoms with Crippen LogP contribution in [-0.4, -0.2) is 0 Å². The minimum Gasteiger partial charge on any atom is -0.464 e. The Kier molecular flexibility index (Phi) is 4.93. The van der Waals surface area contributed by atoms with Gasteiger partial charge in [-0.05, 0) is 79.2 Å². The van der Waals surface area contributed by atoms with Crippen LogP contribution in [0.5, 0.6) is 0 Å². The fourth-order valence-corrected chi connectivity index (χ4v) is 6.73. The molecule has 2 nitrogen and oxygen atoms in total. The van der Waals surface area contributed by atoms with Gasteiger partial charge in [-0.15, -0.1) is 0 Å². The predicted molar refractivity (Wildman–Crippen MR) is 175 cm³/mol. The smallest absolute Gasteiger partial charge is 0.146 e. The quantitative estimate of drug-likeness (QED) is 0.210. The molecule has 0 spiro atoms. The molecular formula is C40H24O2. The Morgan fingerprint density at radius 1 is 0.357 bits per heavy atom. The van der Waals surface area contributed by atoms with E-state index in [2.05, 4.69) is 127 Å². The van der Waals surface area contributed by atoms with Gasteiger partial charge in [0.25, 0.3) is 0 Å². The largest absolute Gasteiger partial charge is 0.464 e. The molecule has 0 saturated heterocycles. The van der Waals surface area contributed by atoms with Gasteiger partial charge < -0.3 is 8.83 Å². The molecule has 0 fully saturated rings. The first-order chi connectivity index (χ1) is 20.8. The van der Waals surface area contributed by atoms with E-state index < -0.39 is 0 Å². The molecule has 0 N–H and O–H groups in total. The summed E-state index contributed by atoms with van der Waals surface area (Å²) in [7, 11) is 0. The van der Waals surface area contributed by atoms with Crippen molar-refractivity contribution >= 4 is 54.5 Å². The molecule has 2 heteroatoms. The maximum absolute atomic E-state index is 6.49. The van der Waals surface area contributed by atoms with Gasteiger partial charge in [0.15, 0.2) is 0 Å². The molecule has 0 amide bonds. The van der Waals surface area contributed by atoms with Crippen molar-refractivity contribution < 1.29 is 8.83 Å². The van der Waals surface area contributed by atoms with Crippen molar-refractivity contribution in [2.24, 2.45) is 0 Å². The first kappa shape index (κ1) is 23.1. The standard InChI is InChI=1S/C40H24O2/c1-2-9-25(10-3-1)26-17-19-27(20-18-26)37-28-11-4-6-13-30(28)38(31-14-7-5-12-29(31)37)33-15-8-16-36-39(33)34-21-22-35-32(23-24-41-35)40(34)42-36/h1-24H. The van der Waals surface area contributed by atoms with Crippen molar-refractivity contribution in [2.45, 2.75) is 0 Å². The number of hydrogen-bond donors (Lipinski definition) is 0. The first-order valence-electron chi connectivity index (χ1n) is 14.3. The summed E-state index contributed by atoms with van der Waals surface area (Å²) in [5.41, 5.74) is 9.90. The molecule has 0 saturated carbocycles. The summed E-state index contributed by atoms with van der Waals surface area (Å²) < 4.78 is 12.2. The maximum atomic E-state index is 6.49. The lowest BCUT2D eigenvalue weighted by atomic mass is 9.84. The Bertz CT molecular complexity index is 2380. The summed E-state index contributed by atoms with van der Waals surface area (Å²) in [6.45, 7) is 0. The Morgan fingerprint density at radius 2 is 0.976 bits per heavy atom. The lowest BCUT2D eigenvalue weighted by Crippen LogP contribution is -1.91. The topological polar surface area (TPSA) is 26.3 Å². The predicted octanol–water partition coefficient (Wildman–Crippen LogP) is 11.6. The number of fused-ring (bicyclic) bond motifs is 7. The highest BCUT2D eigenvalue weighted by Gasteiger charge is 2.21. The van der Waals surface area contributed by atoms with Crippen molar-refractivity contribution in [1.29, 1.82) is 0 Å². The van der Waals surface area contributed by atoms with Crippen LogP contribution < -0.4 is 0 Å². The van der Waals surface area contributed by atoms with Crippen LogP contribution in [0.1, 0.15) is 0 Å². The average Bonchev–Trinajstić information content (AvgIpc) is 3.69. The average molecular weight is 537 g/mol. The Hall–Kier alpha value is -5.60. The summed E-state index contributed by atoms with van der Waals surface area (Å²) in [5, 5.41) is 8.16. The van der Waals surface area contributed by atoms with Gasteiger partial charge in [0.05, 0.1) is 11.6 Å². The number of rotatable bonds is 3. The van der Waals surface area contributed by atoms with Crippen molar-refractivity contribution in [2.75, 3.05) is 0 Å². The first-order valence-corrected chi connectivity index (χ1v) is 14.3. The minimum absolute atomic E-state index is 0.835. The van der Waals surface area contributed by atoms with Gasteiger partial charge in [0, 0.05) is 10.8 Å². The number of benzene rings is 7. The molecule has 0 aliphatic heterocycles. The lowest BCUT2D eigenvalue weighted by molar-refractivity contribution is 0.615. The molecule has 9 aromatic rings. The highest BCUT2D eigenvalue weighted by molar-refractivity contribution is 6.26. The van der Waals surface area contributed by atoms with Crippen LogP contribution in [0.4, 0.5) is 0 Å². The Labute approximate surface area is 242 Å². The van der Waals surface area contributed by atoms with Gasteiger partial charge in [-0.3, -0.25) is 0 Å². The summed E-state index contributed by atoms with van der Waals surface area (Å²) in [5.74, 6) is 0. The van der Waals surface area contributed by atoms with Crippen LogP contribution >= 0.6 is 0 Å². The van der Waals surface area contributed by atoms with E-state index in [0.717, 1.165) is 32.9 Å². The van der Waals surface area contributed by atoms with E-state index in [4.69, 9.17) is 8.83 Å². The van der Waals surface area contributed by atoms with Gasteiger partial charge in [0.2, 0.25) is 0 Å². The molecule has 0 unspecified atom stereocenters. The third-order valence-corrected chi connectivity index (χ3v) is 8.57. The Balaban J connectivity index is 1.36. The molecule has 0 aliphatic rings. The third kappa shape index (κ3) is 3.33. The molecule has 9 rings (SSSR count). The molecule has 2 heterocycles. The molecule has 42 heavy (non-hydrogen) atoms. The van der Waals surface area contributed by atoms with Gasteiger partial charge in [0.1, 0.15) is 16.7 Å². The zero-order valence-electron chi connectivity index (χ0n) is 22.7. The number of furan rings is 2. The fraction of sp³-hybridized carbons (Fsp3) is 0. The highest BCUT2D eigenvalue weighted by Crippen LogP contribution is 2.47. The molecular weight excluding hydrogens is 512 g/mol. The highest BCUT2D eigenvalue weighted by atomic mass is 16.3. The zero-order valence-corrected chi connectivity index (χ0v) is 22.7. The molecule has 0 atom stereocenters. The van der Waals surface area contributed by atoms with Crippen LogP contribution in [0.2, 0.25) is 0 Å². The SMILES string of the molecule is c1ccc(-c2ccc(-c3c4ccccc4c(-c4cccc5oc6c7ccoc7ccc6c45)c4ccccc34)cc2)cc1. The van der Waals surface area contributed by atoms with Crippen LogP contribution in [0.15, 0.2) is 155 Å². The minimum atomic E-state index is 0.835. The van der Waals surface area contributed by atoms with Gasteiger partial charge in [-0.25, -0.2) is 0 Å². The van der Waals surface area contributed by atoms with E-state index in [1.807, 2.05) is 12.1 Å². The van der Waals surface area contributed by atoms with Gasteiger partial charge in [-0.2, -0.15) is 0 Å². The molecule has 0 radical (unpaired) electrons. The second-order valence-electron chi connectivity index (χ2n) is 10.8. The summed E-state index contributed by atoms with van der Waals surface area (Å²) in [6.07, 6.45) is 1.73. The summed E-state index contributed by atoms with van der Waals surface area (Å²) >= 11 is 0. The van der Waals surface area contributed by atoms with E-state index in [9.17, 15) is 0 Å². The third-order valence-electron chi connectivity index (χ3n) is 8.57. The lowest BCUT2D eigenvalue weighted by Gasteiger charge is -2.18. The van der Waals surface area contributed by atoms with E-state index in [1.54, 1.807) is 6.26 Å². The van der Waals surface area contributed by atoms with Crippen LogP contribution in [0, 0.1) is 0 Å². The number of hydrogen-bond acceptors (Lipinski definition) is 2. The second kappa shape index (κ2) is 8.95. The van der Waals surface area contributed by atoms with Crippen molar-refractivity contribution in [3.05, 3.63) is 146 Å². The van der Waals surface area contributed by atoms with Crippen LogP contribution in [0.25, 0.3) is 87.8 Å². The van der Waals surface area contributed by atoms with Gasteiger partial charge in [-0.1, -0.05) is 115 Å². The van der Waals surface area contributed by atoms with Crippen molar-refractivity contribution in [3.8, 4) is 33.4 Å². The van der Waals surface area contributed by atoms with E-state index in [0.29, 0.717) is 0 Å². The van der Waals surface area contributed by atoms with Crippen molar-refractivity contribution in [3.63, 3.8) is 0 Å².